The molecule has 92 valence electrons. The third-order valence-corrected chi connectivity index (χ3v) is 4.40. The predicted molar refractivity (Wildman–Crippen MR) is 74.4 cm³/mol. The van der Waals surface area contributed by atoms with Crippen LogP contribution in [0.15, 0.2) is 16.6 Å². The van der Waals surface area contributed by atoms with E-state index in [9.17, 15) is 4.79 Å². The zero-order valence-corrected chi connectivity index (χ0v) is 12.4. The van der Waals surface area contributed by atoms with Gasteiger partial charge in [-0.15, -0.1) is 0 Å². The molecule has 1 unspecified atom stereocenters. The van der Waals surface area contributed by atoms with Crippen LogP contribution in [-0.4, -0.2) is 5.91 Å². The van der Waals surface area contributed by atoms with Gasteiger partial charge in [0.2, 0.25) is 5.91 Å². The molecule has 1 fully saturated rings. The van der Waals surface area contributed by atoms with Crippen molar-refractivity contribution in [2.45, 2.75) is 27.2 Å². The zero-order valence-electron chi connectivity index (χ0n) is 10.1. The molecule has 0 spiro atoms. The maximum Gasteiger partial charge on any atom is 0.228 e. The van der Waals surface area contributed by atoms with Crippen LogP contribution < -0.4 is 5.32 Å². The molecule has 0 heterocycles. The van der Waals surface area contributed by atoms with Gasteiger partial charge in [0.25, 0.3) is 0 Å². The van der Waals surface area contributed by atoms with Gasteiger partial charge in [-0.1, -0.05) is 25.4 Å². The zero-order chi connectivity index (χ0) is 12.8. The highest BCUT2D eigenvalue weighted by Gasteiger charge is 2.50. The van der Waals surface area contributed by atoms with Crippen molar-refractivity contribution in [3.05, 3.63) is 27.2 Å². The van der Waals surface area contributed by atoms with E-state index in [1.807, 2.05) is 13.0 Å². The smallest absolute Gasteiger partial charge is 0.228 e. The molecule has 0 bridgehead atoms. The number of halogens is 2. The van der Waals surface area contributed by atoms with Crippen LogP contribution in [0.4, 0.5) is 5.69 Å². The highest BCUT2D eigenvalue weighted by atomic mass is 79.9. The Bertz CT molecular complexity index is 485. The molecule has 2 nitrogen and oxygen atoms in total. The van der Waals surface area contributed by atoms with Crippen LogP contribution in [0.1, 0.15) is 25.8 Å². The molecule has 1 aromatic rings. The number of carbonyl (C=O) groups excluding carboxylic acids is 1. The quantitative estimate of drug-likeness (QED) is 0.861. The van der Waals surface area contributed by atoms with E-state index in [1.165, 1.54) is 0 Å². The van der Waals surface area contributed by atoms with E-state index in [0.717, 1.165) is 22.1 Å². The van der Waals surface area contributed by atoms with E-state index in [0.29, 0.717) is 5.02 Å². The van der Waals surface area contributed by atoms with Gasteiger partial charge in [0.05, 0.1) is 5.69 Å². The van der Waals surface area contributed by atoms with E-state index in [4.69, 9.17) is 11.6 Å². The number of aryl methyl sites for hydroxylation is 1. The van der Waals surface area contributed by atoms with Crippen molar-refractivity contribution in [3.8, 4) is 0 Å². The molecule has 1 aliphatic rings. The van der Waals surface area contributed by atoms with Crippen LogP contribution in [0.2, 0.25) is 5.02 Å². The van der Waals surface area contributed by atoms with Crippen LogP contribution in [0.25, 0.3) is 0 Å². The molecule has 0 radical (unpaired) electrons. The van der Waals surface area contributed by atoms with Crippen molar-refractivity contribution in [1.82, 2.24) is 0 Å². The van der Waals surface area contributed by atoms with Crippen molar-refractivity contribution in [2.24, 2.45) is 11.3 Å². The van der Waals surface area contributed by atoms with Crippen molar-refractivity contribution in [1.29, 1.82) is 0 Å². The number of benzene rings is 1. The average Bonchev–Trinajstić information content (AvgIpc) is 2.84. The van der Waals surface area contributed by atoms with Gasteiger partial charge in [-0.05, 0) is 52.4 Å². The Morgan fingerprint density at radius 3 is 2.65 bits per heavy atom. The lowest BCUT2D eigenvalue weighted by atomic mass is 10.1. The minimum absolute atomic E-state index is 0.0793. The van der Waals surface area contributed by atoms with Gasteiger partial charge in [-0.3, -0.25) is 4.79 Å². The van der Waals surface area contributed by atoms with Gasteiger partial charge in [0, 0.05) is 15.4 Å². The molecule has 1 saturated carbocycles. The molecule has 1 aliphatic carbocycles. The lowest BCUT2D eigenvalue weighted by Gasteiger charge is -2.10. The standard InChI is InChI=1S/C13H15BrClNO/c1-7-4-9(14)11(5-10(7)15)16-12(17)8-6-13(8,2)3/h4-5,8H,6H2,1-3H3,(H,16,17). The van der Waals surface area contributed by atoms with E-state index >= 15 is 0 Å². The molecular weight excluding hydrogens is 302 g/mol. The minimum atomic E-state index is 0.0793. The number of anilines is 1. The maximum absolute atomic E-state index is 12.0. The molecule has 1 aromatic carbocycles. The Kier molecular flexibility index (Phi) is 3.25. The van der Waals surface area contributed by atoms with Crippen LogP contribution in [0.5, 0.6) is 0 Å². The van der Waals surface area contributed by atoms with Gasteiger partial charge in [0.1, 0.15) is 0 Å². The summed E-state index contributed by atoms with van der Waals surface area (Å²) < 4.78 is 0.867. The average molecular weight is 317 g/mol. The number of nitrogens with one attached hydrogen (secondary N) is 1. The Hall–Kier alpha value is -0.540. The fraction of sp³-hybridized carbons (Fsp3) is 0.462. The van der Waals surface area contributed by atoms with Crippen LogP contribution in [0.3, 0.4) is 0 Å². The first kappa shape index (κ1) is 12.9. The number of hydrogen-bond acceptors (Lipinski definition) is 1. The van der Waals surface area contributed by atoms with Gasteiger partial charge < -0.3 is 5.32 Å². The van der Waals surface area contributed by atoms with E-state index < -0.39 is 0 Å². The second kappa shape index (κ2) is 4.29. The summed E-state index contributed by atoms with van der Waals surface area (Å²) >= 11 is 9.48. The summed E-state index contributed by atoms with van der Waals surface area (Å²) in [5, 5.41) is 3.59. The Labute approximate surface area is 115 Å². The first-order chi connectivity index (χ1) is 7.81. The third kappa shape index (κ3) is 2.66. The highest BCUT2D eigenvalue weighted by molar-refractivity contribution is 9.10. The van der Waals surface area contributed by atoms with Crippen molar-refractivity contribution in [2.75, 3.05) is 5.32 Å². The first-order valence-electron chi connectivity index (χ1n) is 5.58. The lowest BCUT2D eigenvalue weighted by molar-refractivity contribution is -0.118. The maximum atomic E-state index is 12.0. The lowest BCUT2D eigenvalue weighted by Crippen LogP contribution is -2.16. The Morgan fingerprint density at radius 2 is 2.12 bits per heavy atom. The minimum Gasteiger partial charge on any atom is -0.325 e. The van der Waals surface area contributed by atoms with Gasteiger partial charge in [-0.25, -0.2) is 0 Å². The van der Waals surface area contributed by atoms with Crippen molar-refractivity contribution in [3.63, 3.8) is 0 Å². The molecule has 0 saturated heterocycles. The topological polar surface area (TPSA) is 29.1 Å². The SMILES string of the molecule is Cc1cc(Br)c(NC(=O)C2CC2(C)C)cc1Cl. The molecule has 2 rings (SSSR count). The molecular formula is C13H15BrClNO. The van der Waals surface area contributed by atoms with Gasteiger partial charge in [0.15, 0.2) is 0 Å². The number of amides is 1. The number of carbonyl (C=O) groups is 1. The summed E-state index contributed by atoms with van der Waals surface area (Å²) in [6.07, 6.45) is 0.954. The fourth-order valence-electron chi connectivity index (χ4n) is 1.88. The summed E-state index contributed by atoms with van der Waals surface area (Å²) in [5.74, 6) is 0.199. The van der Waals surface area contributed by atoms with Gasteiger partial charge >= 0.3 is 0 Å². The molecule has 0 aliphatic heterocycles. The fourth-order valence-corrected chi connectivity index (χ4v) is 2.60. The summed E-state index contributed by atoms with van der Waals surface area (Å²) in [7, 11) is 0. The molecule has 1 atom stereocenters. The van der Waals surface area contributed by atoms with Crippen LogP contribution in [-0.2, 0) is 4.79 Å². The van der Waals surface area contributed by atoms with Crippen LogP contribution >= 0.6 is 27.5 Å². The van der Waals surface area contributed by atoms with Gasteiger partial charge in [-0.2, -0.15) is 0 Å². The molecule has 4 heteroatoms. The Morgan fingerprint density at radius 1 is 1.53 bits per heavy atom. The predicted octanol–water partition coefficient (Wildman–Crippen LogP) is 4.40. The van der Waals surface area contributed by atoms with Crippen molar-refractivity contribution < 1.29 is 4.79 Å². The van der Waals surface area contributed by atoms with E-state index in [1.54, 1.807) is 6.07 Å². The summed E-state index contributed by atoms with van der Waals surface area (Å²) in [5.41, 5.74) is 1.88. The summed E-state index contributed by atoms with van der Waals surface area (Å²) in [6.45, 7) is 6.14. The van der Waals surface area contributed by atoms with Crippen LogP contribution in [0, 0.1) is 18.3 Å². The second-order valence-corrected chi connectivity index (χ2v) is 6.58. The second-order valence-electron chi connectivity index (χ2n) is 5.32. The number of rotatable bonds is 2. The van der Waals surface area contributed by atoms with E-state index in [-0.39, 0.29) is 17.2 Å². The molecule has 17 heavy (non-hydrogen) atoms. The largest absolute Gasteiger partial charge is 0.325 e. The summed E-state index contributed by atoms with van der Waals surface area (Å²) in [6, 6.07) is 3.70. The van der Waals surface area contributed by atoms with E-state index in [2.05, 4.69) is 35.1 Å². The normalized spacial score (nSPS) is 21.1. The molecule has 1 N–H and O–H groups in total. The molecule has 1 amide bonds. The summed E-state index contributed by atoms with van der Waals surface area (Å²) in [4.78, 5) is 12.0. The monoisotopic (exact) mass is 315 g/mol. The third-order valence-electron chi connectivity index (χ3n) is 3.34. The number of hydrogen-bond donors (Lipinski definition) is 1. The first-order valence-corrected chi connectivity index (χ1v) is 6.75. The van der Waals surface area contributed by atoms with Crippen molar-refractivity contribution >= 4 is 39.1 Å². The molecule has 0 aromatic heterocycles. The Balaban J connectivity index is 2.14. The highest BCUT2D eigenvalue weighted by Crippen LogP contribution is 2.52.